The summed E-state index contributed by atoms with van der Waals surface area (Å²) in [7, 11) is 0. The van der Waals surface area contributed by atoms with Crippen LogP contribution in [0.25, 0.3) is 0 Å². The summed E-state index contributed by atoms with van der Waals surface area (Å²) in [6.07, 6.45) is -23.4. The molecule has 0 amide bonds. The highest BCUT2D eigenvalue weighted by atomic mass is 16.8. The van der Waals surface area contributed by atoms with Gasteiger partial charge in [-0.25, -0.2) is 0 Å². The molecule has 0 aromatic carbocycles. The molecule has 16 heteroatoms. The van der Waals surface area contributed by atoms with Crippen molar-refractivity contribution in [1.82, 2.24) is 0 Å². The molecule has 0 radical (unpaired) electrons. The van der Waals surface area contributed by atoms with Gasteiger partial charge >= 0.3 is 0 Å². The fourth-order valence-electron chi connectivity index (χ4n) is 4.39. The Morgan fingerprint density at radius 2 is 1.22 bits per heavy atom. The highest BCUT2D eigenvalue weighted by Crippen LogP contribution is 2.37. The van der Waals surface area contributed by atoms with Gasteiger partial charge < -0.3 is 79.9 Å². The fraction of sp³-hybridized carbons (Fsp3) is 0.900. The second kappa shape index (κ2) is 11.9. The molecule has 3 rings (SSSR count). The van der Waals surface area contributed by atoms with Gasteiger partial charge in [-0.05, 0) is 6.08 Å². The van der Waals surface area contributed by atoms with Crippen molar-refractivity contribution in [2.45, 2.75) is 91.6 Å². The first-order valence-corrected chi connectivity index (χ1v) is 11.2. The van der Waals surface area contributed by atoms with Crippen LogP contribution in [0.5, 0.6) is 0 Å². The summed E-state index contributed by atoms with van der Waals surface area (Å²) >= 11 is 0. The number of hydrogen-bond acceptors (Lipinski definition) is 16. The summed E-state index contributed by atoms with van der Waals surface area (Å²) in [5, 5.41) is 111. The number of aliphatic hydroxyl groups is 11. The minimum atomic E-state index is -2.34. The summed E-state index contributed by atoms with van der Waals surface area (Å²) in [6, 6.07) is 0. The monoisotopic (exact) mass is 530 g/mol. The van der Waals surface area contributed by atoms with Gasteiger partial charge in [0.2, 0.25) is 5.79 Å². The summed E-state index contributed by atoms with van der Waals surface area (Å²) in [4.78, 5) is 0. The van der Waals surface area contributed by atoms with E-state index in [0.717, 1.165) is 6.08 Å². The summed E-state index contributed by atoms with van der Waals surface area (Å²) in [5.41, 5.74) is 0. The average Bonchev–Trinajstić information content (AvgIpc) is 2.88. The molecule has 16 nitrogen and oxygen atoms in total. The van der Waals surface area contributed by atoms with Crippen molar-refractivity contribution in [3.63, 3.8) is 0 Å². The third-order valence-electron chi connectivity index (χ3n) is 6.54. The van der Waals surface area contributed by atoms with Crippen LogP contribution in [0.4, 0.5) is 0 Å². The lowest BCUT2D eigenvalue weighted by molar-refractivity contribution is -0.396. The Balaban J connectivity index is 1.80. The predicted octanol–water partition coefficient (Wildman–Crippen LogP) is -7.02. The lowest BCUT2D eigenvalue weighted by Crippen LogP contribution is -2.69. The maximum Gasteiger partial charge on any atom is 0.217 e. The van der Waals surface area contributed by atoms with Gasteiger partial charge in [-0.15, -0.1) is 0 Å². The van der Waals surface area contributed by atoms with Crippen LogP contribution in [-0.2, 0) is 23.7 Å². The molecular formula is C20H34O16. The zero-order valence-electron chi connectivity index (χ0n) is 18.9. The van der Waals surface area contributed by atoms with Gasteiger partial charge in [0.1, 0.15) is 73.2 Å². The topological polar surface area (TPSA) is 269 Å². The maximum atomic E-state index is 10.8. The lowest BCUT2D eigenvalue weighted by atomic mass is 9.91. The molecule has 11 N–H and O–H groups in total. The van der Waals surface area contributed by atoms with Crippen molar-refractivity contribution in [2.24, 2.45) is 0 Å². The smallest absolute Gasteiger partial charge is 0.217 e. The van der Waals surface area contributed by atoms with Crippen LogP contribution in [-0.4, -0.2) is 168 Å². The van der Waals surface area contributed by atoms with Gasteiger partial charge in [-0.2, -0.15) is 0 Å². The van der Waals surface area contributed by atoms with Crippen molar-refractivity contribution in [2.75, 3.05) is 19.8 Å². The van der Waals surface area contributed by atoms with Crippen LogP contribution in [0, 0.1) is 0 Å². The quantitative estimate of drug-likeness (QED) is 0.130. The summed E-state index contributed by atoms with van der Waals surface area (Å²) in [5.74, 6) is -2.34. The molecule has 0 bridgehead atoms. The van der Waals surface area contributed by atoms with Gasteiger partial charge in [0.15, 0.2) is 12.6 Å². The minimum Gasteiger partial charge on any atom is -0.394 e. The average molecular weight is 530 g/mol. The van der Waals surface area contributed by atoms with Gasteiger partial charge in [0.25, 0.3) is 0 Å². The predicted molar refractivity (Wildman–Crippen MR) is 110 cm³/mol. The van der Waals surface area contributed by atoms with Crippen molar-refractivity contribution in [3.8, 4) is 0 Å². The molecule has 0 aromatic heterocycles. The zero-order valence-corrected chi connectivity index (χ0v) is 18.9. The maximum absolute atomic E-state index is 10.8. The standard InChI is InChI=1S/C20H34O16/c1-2-20(17(30)12(27)9(24)6(3-21)35-20)36-16-8(5-23)33-19(14(29)11(16)26)34-15-7(4-22)32-18(31)13(28)10(15)25/h2,6-19,21-31H,1,3-5H2/t6-,7-,8-,9-,10-,11-,12+,13-,14-,15-,16-,17-,18+,19?,20?/m1/s1. The normalized spacial score (nSPS) is 52.2. The third-order valence-corrected chi connectivity index (χ3v) is 6.54. The molecule has 0 aromatic rings. The van der Waals surface area contributed by atoms with Gasteiger partial charge in [-0.3, -0.25) is 0 Å². The van der Waals surface area contributed by atoms with E-state index in [0.29, 0.717) is 0 Å². The molecular weight excluding hydrogens is 496 g/mol. The molecule has 0 saturated carbocycles. The van der Waals surface area contributed by atoms with E-state index >= 15 is 0 Å². The first kappa shape index (κ1) is 29.7. The Bertz CT molecular complexity index is 722. The molecule has 3 fully saturated rings. The molecule has 3 aliphatic heterocycles. The third kappa shape index (κ3) is 5.32. The highest BCUT2D eigenvalue weighted by Gasteiger charge is 2.57. The van der Waals surface area contributed by atoms with Crippen molar-refractivity contribution in [1.29, 1.82) is 0 Å². The van der Waals surface area contributed by atoms with E-state index in [-0.39, 0.29) is 0 Å². The SMILES string of the molecule is C=CC1(O[C@H]2[C@H](O)[C@@H](O)C(O[C@H]3[C@H](O)[C@@H](O)[C@@H](O)O[C@@H]3CO)O[C@@H]2CO)O[C@H](CO)[C@@H](O)[C@H](O)[C@H]1O. The summed E-state index contributed by atoms with van der Waals surface area (Å²) < 4.78 is 26.9. The molecule has 0 spiro atoms. The molecule has 3 saturated heterocycles. The van der Waals surface area contributed by atoms with E-state index in [9.17, 15) is 56.2 Å². The zero-order chi connectivity index (χ0) is 26.9. The van der Waals surface area contributed by atoms with Crippen molar-refractivity contribution >= 4 is 0 Å². The van der Waals surface area contributed by atoms with Gasteiger partial charge in [0, 0.05) is 0 Å². The van der Waals surface area contributed by atoms with E-state index < -0.39 is 111 Å². The van der Waals surface area contributed by atoms with Crippen LogP contribution < -0.4 is 0 Å². The molecule has 0 aliphatic carbocycles. The molecule has 3 heterocycles. The Kier molecular flexibility index (Phi) is 9.78. The van der Waals surface area contributed by atoms with E-state index in [1.807, 2.05) is 0 Å². The van der Waals surface area contributed by atoms with Crippen LogP contribution >= 0.6 is 0 Å². The Labute approximate surface area is 204 Å². The molecule has 210 valence electrons. The molecule has 2 unspecified atom stereocenters. The second-order valence-electron chi connectivity index (χ2n) is 8.81. The van der Waals surface area contributed by atoms with Gasteiger partial charge in [-0.1, -0.05) is 6.58 Å². The molecule has 36 heavy (non-hydrogen) atoms. The molecule has 15 atom stereocenters. The van der Waals surface area contributed by atoms with Crippen molar-refractivity contribution in [3.05, 3.63) is 12.7 Å². The van der Waals surface area contributed by atoms with Crippen LogP contribution in [0.15, 0.2) is 12.7 Å². The second-order valence-corrected chi connectivity index (χ2v) is 8.81. The highest BCUT2D eigenvalue weighted by molar-refractivity contribution is 5.07. The fourth-order valence-corrected chi connectivity index (χ4v) is 4.39. The first-order chi connectivity index (χ1) is 17.0. The van der Waals surface area contributed by atoms with Crippen LogP contribution in [0.3, 0.4) is 0 Å². The number of aliphatic hydroxyl groups excluding tert-OH is 11. The van der Waals surface area contributed by atoms with E-state index in [1.54, 1.807) is 0 Å². The minimum absolute atomic E-state index is 0.774. The number of rotatable bonds is 8. The Morgan fingerprint density at radius 1 is 0.667 bits per heavy atom. The summed E-state index contributed by atoms with van der Waals surface area (Å²) in [6.45, 7) is 1.03. The van der Waals surface area contributed by atoms with E-state index in [2.05, 4.69) is 6.58 Å². The van der Waals surface area contributed by atoms with Crippen LogP contribution in [0.1, 0.15) is 0 Å². The first-order valence-electron chi connectivity index (χ1n) is 11.2. The number of ether oxygens (including phenoxy) is 5. The largest absolute Gasteiger partial charge is 0.394 e. The van der Waals surface area contributed by atoms with Crippen LogP contribution in [0.2, 0.25) is 0 Å². The lowest BCUT2D eigenvalue weighted by Gasteiger charge is -2.51. The number of hydrogen-bond donors (Lipinski definition) is 11. The van der Waals surface area contributed by atoms with Gasteiger partial charge in [0.05, 0.1) is 19.8 Å². The molecule has 3 aliphatic rings. The van der Waals surface area contributed by atoms with E-state index in [1.165, 1.54) is 0 Å². The Morgan fingerprint density at radius 3 is 1.78 bits per heavy atom. The van der Waals surface area contributed by atoms with Crippen molar-refractivity contribution < 1.29 is 79.9 Å². The van der Waals surface area contributed by atoms with E-state index in [4.69, 9.17) is 23.7 Å². The Hall–Kier alpha value is -0.900.